The molecule has 1 amide bonds. The van der Waals surface area contributed by atoms with Crippen molar-refractivity contribution < 1.29 is 4.79 Å². The van der Waals surface area contributed by atoms with Crippen LogP contribution in [0.2, 0.25) is 0 Å². The van der Waals surface area contributed by atoms with Gasteiger partial charge in [0.15, 0.2) is 0 Å². The fraction of sp³-hybridized carbons (Fsp3) is 0.208. The molecule has 0 radical (unpaired) electrons. The lowest BCUT2D eigenvalue weighted by Crippen LogP contribution is -2.50. The van der Waals surface area contributed by atoms with Gasteiger partial charge in [-0.05, 0) is 29.5 Å². The molecule has 1 aliphatic rings. The van der Waals surface area contributed by atoms with E-state index in [1.165, 1.54) is 0 Å². The quantitative estimate of drug-likeness (QED) is 0.694. The van der Waals surface area contributed by atoms with Crippen molar-refractivity contribution in [1.82, 2.24) is 5.32 Å². The highest BCUT2D eigenvalue weighted by molar-refractivity contribution is 5.89. The van der Waals surface area contributed by atoms with E-state index in [0.29, 0.717) is 0 Å². The van der Waals surface area contributed by atoms with Gasteiger partial charge in [0.05, 0.1) is 11.5 Å². The summed E-state index contributed by atoms with van der Waals surface area (Å²) >= 11 is 0. The Morgan fingerprint density at radius 2 is 1.19 bits per heavy atom. The molecule has 2 heteroatoms. The Labute approximate surface area is 154 Å². The second-order valence-electron chi connectivity index (χ2n) is 7.03. The first-order chi connectivity index (χ1) is 12.8. The van der Waals surface area contributed by atoms with Crippen molar-refractivity contribution in [3.05, 3.63) is 108 Å². The fourth-order valence-electron chi connectivity index (χ4n) is 3.85. The van der Waals surface area contributed by atoms with Crippen LogP contribution in [0.15, 0.2) is 91.0 Å². The van der Waals surface area contributed by atoms with Crippen LogP contribution < -0.4 is 5.32 Å². The van der Waals surface area contributed by atoms with Crippen LogP contribution in [0.1, 0.15) is 42.0 Å². The molecule has 1 fully saturated rings. The molecule has 0 heterocycles. The predicted molar refractivity (Wildman–Crippen MR) is 105 cm³/mol. The first kappa shape index (κ1) is 16.6. The maximum atomic E-state index is 13.4. The smallest absolute Gasteiger partial charge is 0.231 e. The van der Waals surface area contributed by atoms with Gasteiger partial charge in [0, 0.05) is 0 Å². The molecule has 0 atom stereocenters. The first-order valence-electron chi connectivity index (χ1n) is 9.26. The van der Waals surface area contributed by atoms with Gasteiger partial charge in [-0.25, -0.2) is 0 Å². The lowest BCUT2D eigenvalue weighted by Gasteiger charge is -2.41. The first-order valence-corrected chi connectivity index (χ1v) is 9.26. The molecule has 0 unspecified atom stereocenters. The van der Waals surface area contributed by atoms with Crippen LogP contribution in [0.25, 0.3) is 0 Å². The molecule has 0 bridgehead atoms. The van der Waals surface area contributed by atoms with E-state index >= 15 is 0 Å². The van der Waals surface area contributed by atoms with Crippen molar-refractivity contribution in [1.29, 1.82) is 0 Å². The Morgan fingerprint density at radius 1 is 0.731 bits per heavy atom. The van der Waals surface area contributed by atoms with Crippen molar-refractivity contribution in [2.24, 2.45) is 0 Å². The van der Waals surface area contributed by atoms with Gasteiger partial charge in [-0.3, -0.25) is 4.79 Å². The molecule has 26 heavy (non-hydrogen) atoms. The Kier molecular flexibility index (Phi) is 4.57. The van der Waals surface area contributed by atoms with Crippen molar-refractivity contribution in [2.45, 2.75) is 30.7 Å². The maximum Gasteiger partial charge on any atom is 0.231 e. The number of carbonyl (C=O) groups is 1. The zero-order valence-electron chi connectivity index (χ0n) is 14.8. The summed E-state index contributed by atoms with van der Waals surface area (Å²) < 4.78 is 0. The molecule has 1 N–H and O–H groups in total. The number of carbonyl (C=O) groups excluding carboxylic acids is 1. The molecular formula is C24H23NO. The predicted octanol–water partition coefficient (Wildman–Crippen LogP) is 5.01. The minimum Gasteiger partial charge on any atom is -0.344 e. The van der Waals surface area contributed by atoms with E-state index in [1.807, 2.05) is 54.6 Å². The summed E-state index contributed by atoms with van der Waals surface area (Å²) in [6.07, 6.45) is 2.93. The van der Waals surface area contributed by atoms with Crippen LogP contribution in [-0.2, 0) is 10.2 Å². The van der Waals surface area contributed by atoms with E-state index in [1.54, 1.807) is 0 Å². The summed E-state index contributed by atoms with van der Waals surface area (Å²) in [5.41, 5.74) is 2.95. The minimum absolute atomic E-state index is 0.132. The van der Waals surface area contributed by atoms with Crippen LogP contribution in [0, 0.1) is 0 Å². The number of amides is 1. The maximum absolute atomic E-state index is 13.4. The summed E-state index contributed by atoms with van der Waals surface area (Å²) in [6, 6.07) is 30.5. The molecule has 2 nitrogen and oxygen atoms in total. The zero-order valence-corrected chi connectivity index (χ0v) is 14.8. The molecule has 1 saturated carbocycles. The molecule has 0 saturated heterocycles. The van der Waals surface area contributed by atoms with Gasteiger partial charge in [-0.1, -0.05) is 97.4 Å². The van der Waals surface area contributed by atoms with Gasteiger partial charge >= 0.3 is 0 Å². The highest BCUT2D eigenvalue weighted by Crippen LogP contribution is 2.44. The lowest BCUT2D eigenvalue weighted by atomic mass is 9.63. The van der Waals surface area contributed by atoms with E-state index in [2.05, 4.69) is 41.7 Å². The molecule has 1 aliphatic carbocycles. The highest BCUT2D eigenvalue weighted by atomic mass is 16.2. The summed E-state index contributed by atoms with van der Waals surface area (Å²) in [4.78, 5) is 13.4. The average molecular weight is 341 g/mol. The van der Waals surface area contributed by atoms with E-state index in [4.69, 9.17) is 0 Å². The molecule has 4 rings (SSSR count). The Bertz CT molecular complexity index is 815. The summed E-state index contributed by atoms with van der Waals surface area (Å²) in [7, 11) is 0. The molecule has 0 aliphatic heterocycles. The summed E-state index contributed by atoms with van der Waals surface area (Å²) in [5.74, 6) is 0.132. The van der Waals surface area contributed by atoms with Crippen molar-refractivity contribution in [2.75, 3.05) is 0 Å². The molecule has 3 aromatic carbocycles. The van der Waals surface area contributed by atoms with Crippen LogP contribution >= 0.6 is 0 Å². The third kappa shape index (κ3) is 3.03. The molecule has 130 valence electrons. The lowest BCUT2D eigenvalue weighted by molar-refractivity contribution is -0.130. The van der Waals surface area contributed by atoms with Crippen molar-refractivity contribution in [3.8, 4) is 0 Å². The standard InChI is InChI=1S/C24H23NO/c26-23(24(17-10-18-24)21-15-8-3-9-16-21)25-22(19-11-4-1-5-12-19)20-13-6-2-7-14-20/h1-9,11-16,22H,10,17-18H2,(H,25,26). The highest BCUT2D eigenvalue weighted by Gasteiger charge is 2.46. The van der Waals surface area contributed by atoms with Crippen LogP contribution in [0.5, 0.6) is 0 Å². The number of nitrogens with one attached hydrogen (secondary N) is 1. The van der Waals surface area contributed by atoms with Gasteiger partial charge in [0.25, 0.3) is 0 Å². The normalized spacial score (nSPS) is 15.3. The minimum atomic E-state index is -0.386. The van der Waals surface area contributed by atoms with Gasteiger partial charge in [0.2, 0.25) is 5.91 Å². The second-order valence-corrected chi connectivity index (χ2v) is 7.03. The number of rotatable bonds is 5. The average Bonchev–Trinajstić information content (AvgIpc) is 2.67. The molecule has 0 spiro atoms. The molecular weight excluding hydrogens is 318 g/mol. The topological polar surface area (TPSA) is 29.1 Å². The van der Waals surface area contributed by atoms with Crippen LogP contribution in [0.4, 0.5) is 0 Å². The molecule has 3 aromatic rings. The zero-order chi connectivity index (χ0) is 17.8. The Hall–Kier alpha value is -2.87. The number of hydrogen-bond acceptors (Lipinski definition) is 1. The fourth-order valence-corrected chi connectivity index (χ4v) is 3.85. The van der Waals surface area contributed by atoms with Crippen LogP contribution in [-0.4, -0.2) is 5.91 Å². The number of benzene rings is 3. The van der Waals surface area contributed by atoms with E-state index in [9.17, 15) is 4.79 Å². The van der Waals surface area contributed by atoms with Crippen molar-refractivity contribution >= 4 is 5.91 Å². The monoisotopic (exact) mass is 341 g/mol. The SMILES string of the molecule is O=C(NC(c1ccccc1)c1ccccc1)C1(c2ccccc2)CCC1. The third-order valence-electron chi connectivity index (χ3n) is 5.51. The van der Waals surface area contributed by atoms with Gasteiger partial charge < -0.3 is 5.32 Å². The number of hydrogen-bond donors (Lipinski definition) is 1. The second kappa shape index (κ2) is 7.17. The summed E-state index contributed by atoms with van der Waals surface area (Å²) in [5, 5.41) is 3.35. The van der Waals surface area contributed by atoms with Gasteiger partial charge in [-0.15, -0.1) is 0 Å². The Morgan fingerprint density at radius 3 is 1.62 bits per heavy atom. The van der Waals surface area contributed by atoms with Gasteiger partial charge in [0.1, 0.15) is 0 Å². The van der Waals surface area contributed by atoms with Crippen molar-refractivity contribution in [3.63, 3.8) is 0 Å². The summed E-state index contributed by atoms with van der Waals surface area (Å²) in [6.45, 7) is 0. The largest absolute Gasteiger partial charge is 0.344 e. The van der Waals surface area contributed by atoms with E-state index < -0.39 is 0 Å². The van der Waals surface area contributed by atoms with Gasteiger partial charge in [-0.2, -0.15) is 0 Å². The van der Waals surface area contributed by atoms with E-state index in [-0.39, 0.29) is 17.4 Å². The van der Waals surface area contributed by atoms with Crippen LogP contribution in [0.3, 0.4) is 0 Å². The molecule has 0 aromatic heterocycles. The van der Waals surface area contributed by atoms with E-state index in [0.717, 1.165) is 36.0 Å². The third-order valence-corrected chi connectivity index (χ3v) is 5.51. The Balaban J connectivity index is 1.67.